The summed E-state index contributed by atoms with van der Waals surface area (Å²) in [5.41, 5.74) is -0.590. The van der Waals surface area contributed by atoms with Crippen molar-refractivity contribution >= 4 is 27.9 Å². The molecule has 0 fully saturated rings. The van der Waals surface area contributed by atoms with Crippen LogP contribution in [0.4, 0.5) is 4.79 Å². The maximum atomic E-state index is 12.2. The lowest BCUT2D eigenvalue weighted by atomic mass is 10.2. The van der Waals surface area contributed by atoms with Crippen LogP contribution in [0.2, 0.25) is 0 Å². The molecule has 0 aromatic heterocycles. The van der Waals surface area contributed by atoms with Gasteiger partial charge in [-0.05, 0) is 46.2 Å². The molecule has 0 spiro atoms. The van der Waals surface area contributed by atoms with Crippen molar-refractivity contribution in [3.63, 3.8) is 0 Å². The summed E-state index contributed by atoms with van der Waals surface area (Å²) in [6.45, 7) is 7.00. The quantitative estimate of drug-likeness (QED) is 0.364. The molecule has 0 bridgehead atoms. The van der Waals surface area contributed by atoms with Gasteiger partial charge in [0, 0.05) is 25.6 Å². The summed E-state index contributed by atoms with van der Waals surface area (Å²) in [6, 6.07) is 7.38. The molecule has 3 amide bonds. The molecule has 0 saturated heterocycles. The van der Waals surface area contributed by atoms with Crippen LogP contribution in [-0.4, -0.2) is 57.6 Å². The van der Waals surface area contributed by atoms with Gasteiger partial charge in [-0.3, -0.25) is 9.59 Å². The molecule has 1 atom stereocenters. The van der Waals surface area contributed by atoms with E-state index in [0.29, 0.717) is 6.42 Å². The first-order valence-corrected chi connectivity index (χ1v) is 11.4. The van der Waals surface area contributed by atoms with Crippen LogP contribution in [0.25, 0.3) is 0 Å². The minimum atomic E-state index is -3.67. The summed E-state index contributed by atoms with van der Waals surface area (Å²) >= 11 is 0. The Kier molecular flexibility index (Phi) is 10.4. The van der Waals surface area contributed by atoms with Crippen molar-refractivity contribution in [2.75, 3.05) is 19.6 Å². The van der Waals surface area contributed by atoms with Crippen molar-refractivity contribution in [1.29, 1.82) is 0 Å². The van der Waals surface area contributed by atoms with E-state index >= 15 is 0 Å². The molecule has 0 radical (unpaired) electrons. The van der Waals surface area contributed by atoms with E-state index in [1.807, 2.05) is 0 Å². The molecule has 1 rings (SSSR count). The number of sulfonamides is 1. The molecule has 1 aromatic carbocycles. The fourth-order valence-electron chi connectivity index (χ4n) is 2.32. The van der Waals surface area contributed by atoms with Crippen LogP contribution in [0.3, 0.4) is 0 Å². The molecule has 1 aromatic rings. The van der Waals surface area contributed by atoms with Crippen LogP contribution >= 0.6 is 0 Å². The Labute approximate surface area is 183 Å². The first-order valence-electron chi connectivity index (χ1n) is 9.96. The van der Waals surface area contributed by atoms with Crippen LogP contribution in [0.5, 0.6) is 0 Å². The fourth-order valence-corrected chi connectivity index (χ4v) is 3.59. The number of hydrogen-bond acceptors (Lipinski definition) is 6. The highest BCUT2D eigenvalue weighted by atomic mass is 32.2. The molecule has 4 N–H and O–H groups in total. The first-order chi connectivity index (χ1) is 14.4. The molecule has 1 unspecified atom stereocenters. The van der Waals surface area contributed by atoms with Crippen LogP contribution < -0.4 is 20.7 Å². The van der Waals surface area contributed by atoms with Gasteiger partial charge in [0.15, 0.2) is 0 Å². The number of amides is 3. The molecule has 0 heterocycles. The largest absolute Gasteiger partial charge is 0.444 e. The van der Waals surface area contributed by atoms with Gasteiger partial charge in [0.1, 0.15) is 5.60 Å². The number of carbonyl (C=O) groups is 3. The lowest BCUT2D eigenvalue weighted by Gasteiger charge is -2.19. The van der Waals surface area contributed by atoms with Gasteiger partial charge in [0.05, 0.1) is 11.4 Å². The van der Waals surface area contributed by atoms with Crippen LogP contribution in [0.15, 0.2) is 35.2 Å². The van der Waals surface area contributed by atoms with E-state index in [0.717, 1.165) is 0 Å². The Morgan fingerprint density at radius 3 is 2.26 bits per heavy atom. The SMILES string of the molecule is CC(CNC(=O)CNC(=O)CCCNC(=O)OC(C)(C)C)NS(=O)(=O)c1ccccc1. The predicted molar refractivity (Wildman–Crippen MR) is 116 cm³/mol. The fraction of sp³-hybridized carbons (Fsp3) is 0.550. The average molecular weight is 457 g/mol. The van der Waals surface area contributed by atoms with Crippen molar-refractivity contribution in [3.05, 3.63) is 30.3 Å². The Balaban J connectivity index is 2.21. The van der Waals surface area contributed by atoms with Crippen molar-refractivity contribution in [1.82, 2.24) is 20.7 Å². The molecule has 0 aliphatic rings. The Bertz CT molecular complexity index is 837. The Hall–Kier alpha value is -2.66. The summed E-state index contributed by atoms with van der Waals surface area (Å²) < 4.78 is 32.0. The molecule has 174 valence electrons. The van der Waals surface area contributed by atoms with Crippen LogP contribution in [0.1, 0.15) is 40.5 Å². The number of ether oxygens (including phenoxy) is 1. The highest BCUT2D eigenvalue weighted by Gasteiger charge is 2.18. The smallest absolute Gasteiger partial charge is 0.407 e. The third-order valence-electron chi connectivity index (χ3n) is 3.71. The van der Waals surface area contributed by atoms with Crippen LogP contribution in [0, 0.1) is 0 Å². The second-order valence-corrected chi connectivity index (χ2v) is 9.66. The molecule has 11 heteroatoms. The van der Waals surface area contributed by atoms with Crippen molar-refractivity contribution in [2.45, 2.75) is 57.1 Å². The van der Waals surface area contributed by atoms with E-state index in [2.05, 4.69) is 20.7 Å². The highest BCUT2D eigenvalue weighted by molar-refractivity contribution is 7.89. The highest BCUT2D eigenvalue weighted by Crippen LogP contribution is 2.08. The minimum absolute atomic E-state index is 0.0700. The summed E-state index contributed by atoms with van der Waals surface area (Å²) in [5.74, 6) is -0.773. The van der Waals surface area contributed by atoms with Gasteiger partial charge < -0.3 is 20.7 Å². The zero-order valence-electron chi connectivity index (χ0n) is 18.4. The number of benzene rings is 1. The van der Waals surface area contributed by atoms with Crippen molar-refractivity contribution in [3.8, 4) is 0 Å². The van der Waals surface area contributed by atoms with Gasteiger partial charge >= 0.3 is 6.09 Å². The predicted octanol–water partition coefficient (Wildman–Crippen LogP) is 0.891. The molecule has 0 aliphatic carbocycles. The number of nitrogens with one attached hydrogen (secondary N) is 4. The normalized spacial score (nSPS) is 12.5. The summed E-state index contributed by atoms with van der Waals surface area (Å²) in [7, 11) is -3.67. The zero-order chi connectivity index (χ0) is 23.5. The third kappa shape index (κ3) is 11.9. The second-order valence-electron chi connectivity index (χ2n) is 7.95. The van der Waals surface area contributed by atoms with Gasteiger partial charge in [-0.2, -0.15) is 0 Å². The molecule has 10 nitrogen and oxygen atoms in total. The maximum Gasteiger partial charge on any atom is 0.407 e. The molecule has 0 aliphatic heterocycles. The first kappa shape index (κ1) is 26.4. The maximum absolute atomic E-state index is 12.2. The topological polar surface area (TPSA) is 143 Å². The Morgan fingerprint density at radius 2 is 1.65 bits per heavy atom. The van der Waals surface area contributed by atoms with Crippen molar-refractivity contribution in [2.24, 2.45) is 0 Å². The third-order valence-corrected chi connectivity index (χ3v) is 5.32. The van der Waals surface area contributed by atoms with E-state index in [1.165, 1.54) is 12.1 Å². The van der Waals surface area contributed by atoms with Crippen molar-refractivity contribution < 1.29 is 27.5 Å². The van der Waals surface area contributed by atoms with Gasteiger partial charge in [-0.15, -0.1) is 0 Å². The number of alkyl carbamates (subject to hydrolysis) is 1. The number of carbonyl (C=O) groups excluding carboxylic acids is 3. The molecule has 31 heavy (non-hydrogen) atoms. The number of hydrogen-bond donors (Lipinski definition) is 4. The van der Waals surface area contributed by atoms with E-state index in [9.17, 15) is 22.8 Å². The summed E-state index contributed by atoms with van der Waals surface area (Å²) in [4.78, 5) is 35.3. The summed E-state index contributed by atoms with van der Waals surface area (Å²) in [6.07, 6.45) is -0.0225. The zero-order valence-corrected chi connectivity index (χ0v) is 19.2. The molecular weight excluding hydrogens is 424 g/mol. The minimum Gasteiger partial charge on any atom is -0.444 e. The van der Waals surface area contributed by atoms with Gasteiger partial charge in [0.2, 0.25) is 21.8 Å². The van der Waals surface area contributed by atoms with E-state index in [4.69, 9.17) is 4.74 Å². The van der Waals surface area contributed by atoms with E-state index < -0.39 is 33.7 Å². The lowest BCUT2D eigenvalue weighted by Crippen LogP contribution is -2.44. The summed E-state index contributed by atoms with van der Waals surface area (Å²) in [5, 5.41) is 7.58. The second kappa shape index (κ2) is 12.3. The Morgan fingerprint density at radius 1 is 1.00 bits per heavy atom. The lowest BCUT2D eigenvalue weighted by molar-refractivity contribution is -0.126. The molecular formula is C20H32N4O6S. The van der Waals surface area contributed by atoms with Gasteiger partial charge in [0.25, 0.3) is 0 Å². The van der Waals surface area contributed by atoms with Gasteiger partial charge in [-0.1, -0.05) is 18.2 Å². The van der Waals surface area contributed by atoms with Gasteiger partial charge in [-0.25, -0.2) is 17.9 Å². The molecule has 0 saturated carbocycles. The van der Waals surface area contributed by atoms with E-state index in [1.54, 1.807) is 45.9 Å². The van der Waals surface area contributed by atoms with E-state index in [-0.39, 0.29) is 36.9 Å². The monoisotopic (exact) mass is 456 g/mol. The standard InChI is InChI=1S/C20H32N4O6S/c1-15(24-31(28,29)16-9-6-5-7-10-16)13-22-18(26)14-23-17(25)11-8-12-21-19(27)30-20(2,3)4/h5-7,9-10,15,24H,8,11-14H2,1-4H3,(H,21,27)(H,22,26)(H,23,25). The number of rotatable bonds is 11. The average Bonchev–Trinajstić information content (AvgIpc) is 2.67. The van der Waals surface area contributed by atoms with Crippen LogP contribution in [-0.2, 0) is 24.3 Å².